The number of hydrogen-bond acceptors (Lipinski definition) is 8. The topological polar surface area (TPSA) is 111 Å². The van der Waals surface area contributed by atoms with Gasteiger partial charge in [-0.3, -0.25) is 19.9 Å². The van der Waals surface area contributed by atoms with Crippen LogP contribution in [0.15, 0.2) is 42.5 Å². The van der Waals surface area contributed by atoms with Gasteiger partial charge in [-0.05, 0) is 42.0 Å². The minimum Gasteiger partial charge on any atom is -0.395 e. The maximum Gasteiger partial charge on any atom is 0.292 e. The predicted molar refractivity (Wildman–Crippen MR) is 124 cm³/mol. The summed E-state index contributed by atoms with van der Waals surface area (Å²) < 4.78 is 0. The van der Waals surface area contributed by atoms with Gasteiger partial charge >= 0.3 is 0 Å². The zero-order chi connectivity index (χ0) is 23.2. The lowest BCUT2D eigenvalue weighted by atomic mass is 9.99. The number of aliphatic hydroxyl groups excluding tert-OH is 2. The first-order valence-corrected chi connectivity index (χ1v) is 11.5. The molecule has 0 amide bonds. The molecule has 9 nitrogen and oxygen atoms in total. The number of piperidine rings is 1. The fourth-order valence-corrected chi connectivity index (χ4v) is 4.47. The van der Waals surface area contributed by atoms with E-state index in [9.17, 15) is 20.3 Å². The van der Waals surface area contributed by atoms with Crippen LogP contribution in [0.4, 0.5) is 11.4 Å². The number of benzene rings is 2. The minimum absolute atomic E-state index is 0.0179. The molecule has 2 fully saturated rings. The van der Waals surface area contributed by atoms with Gasteiger partial charge in [0.2, 0.25) is 0 Å². The molecule has 178 valence electrons. The zero-order valence-electron chi connectivity index (χ0n) is 18.7. The first kappa shape index (κ1) is 23.6. The third-order valence-corrected chi connectivity index (χ3v) is 6.36. The molecule has 2 unspecified atom stereocenters. The summed E-state index contributed by atoms with van der Waals surface area (Å²) >= 11 is 0. The summed E-state index contributed by atoms with van der Waals surface area (Å²) in [7, 11) is 0. The lowest BCUT2D eigenvalue weighted by Gasteiger charge is -2.36. The van der Waals surface area contributed by atoms with Crippen molar-refractivity contribution in [3.63, 3.8) is 0 Å². The lowest BCUT2D eigenvalue weighted by Crippen LogP contribution is -2.45. The van der Waals surface area contributed by atoms with Crippen molar-refractivity contribution in [1.82, 2.24) is 9.96 Å². The van der Waals surface area contributed by atoms with E-state index in [1.165, 1.54) is 0 Å². The van der Waals surface area contributed by atoms with Crippen LogP contribution in [0.5, 0.6) is 0 Å². The summed E-state index contributed by atoms with van der Waals surface area (Å²) in [5.74, 6) is 0. The fraction of sp³-hybridized carbons (Fsp3) is 0.500. The highest BCUT2D eigenvalue weighted by molar-refractivity contribution is 5.62. The Morgan fingerprint density at radius 1 is 1.09 bits per heavy atom. The Morgan fingerprint density at radius 2 is 1.85 bits per heavy atom. The van der Waals surface area contributed by atoms with E-state index in [4.69, 9.17) is 4.84 Å². The van der Waals surface area contributed by atoms with E-state index in [2.05, 4.69) is 10.2 Å². The standard InChI is InChI=1S/C24H32N4O5/c29-17-21-13-22(30)8-10-26(21)15-19-4-2-18(3-5-19)14-25-23-7-6-20(12-24(23)28(31)32)16-27-9-1-11-33-27/h2-7,12,21-22,25,29-30H,1,8-11,13-17H2. The van der Waals surface area contributed by atoms with Crippen LogP contribution in [0.3, 0.4) is 0 Å². The van der Waals surface area contributed by atoms with Gasteiger partial charge in [0.15, 0.2) is 0 Å². The van der Waals surface area contributed by atoms with E-state index in [0.717, 1.165) is 49.2 Å². The van der Waals surface area contributed by atoms with Crippen molar-refractivity contribution in [3.05, 3.63) is 69.3 Å². The van der Waals surface area contributed by atoms with Crippen molar-refractivity contribution in [2.45, 2.75) is 51.0 Å². The number of anilines is 1. The summed E-state index contributed by atoms with van der Waals surface area (Å²) in [6.07, 6.45) is 1.96. The van der Waals surface area contributed by atoms with Crippen molar-refractivity contribution in [2.75, 3.05) is 31.6 Å². The summed E-state index contributed by atoms with van der Waals surface area (Å²) in [6, 6.07) is 13.4. The summed E-state index contributed by atoms with van der Waals surface area (Å²) in [4.78, 5) is 19.0. The van der Waals surface area contributed by atoms with Crippen molar-refractivity contribution in [2.24, 2.45) is 0 Å². The van der Waals surface area contributed by atoms with Crippen LogP contribution in [0.1, 0.15) is 36.0 Å². The predicted octanol–water partition coefficient (Wildman–Crippen LogP) is 2.66. The Bertz CT molecular complexity index is 933. The quantitative estimate of drug-likeness (QED) is 0.390. The monoisotopic (exact) mass is 456 g/mol. The number of nitro benzene ring substituents is 1. The molecular formula is C24H32N4O5. The number of likely N-dealkylation sites (tertiary alicyclic amines) is 1. The van der Waals surface area contributed by atoms with Crippen molar-refractivity contribution < 1.29 is 20.0 Å². The fourth-order valence-electron chi connectivity index (χ4n) is 4.47. The van der Waals surface area contributed by atoms with Crippen LogP contribution < -0.4 is 5.32 Å². The maximum atomic E-state index is 11.6. The normalized spacial score (nSPS) is 21.9. The number of nitrogens with zero attached hydrogens (tertiary/aromatic N) is 3. The molecule has 0 spiro atoms. The summed E-state index contributed by atoms with van der Waals surface area (Å²) in [5, 5.41) is 36.1. The molecule has 2 aliphatic heterocycles. The first-order chi connectivity index (χ1) is 16.0. The van der Waals surface area contributed by atoms with E-state index < -0.39 is 0 Å². The largest absolute Gasteiger partial charge is 0.395 e. The number of nitro groups is 1. The highest BCUT2D eigenvalue weighted by Crippen LogP contribution is 2.27. The highest BCUT2D eigenvalue weighted by Gasteiger charge is 2.26. The number of hydrogen-bond donors (Lipinski definition) is 3. The average Bonchev–Trinajstić information content (AvgIpc) is 3.33. The number of aliphatic hydroxyl groups is 2. The Labute approximate surface area is 193 Å². The van der Waals surface area contributed by atoms with Crippen LogP contribution in [0.2, 0.25) is 0 Å². The van der Waals surface area contributed by atoms with Gasteiger partial charge in [-0.2, -0.15) is 5.06 Å². The van der Waals surface area contributed by atoms with Crippen LogP contribution in [-0.4, -0.2) is 63.5 Å². The third-order valence-electron chi connectivity index (χ3n) is 6.36. The van der Waals surface area contributed by atoms with Crippen LogP contribution in [0, 0.1) is 10.1 Å². The lowest BCUT2D eigenvalue weighted by molar-refractivity contribution is -0.384. The van der Waals surface area contributed by atoms with E-state index >= 15 is 0 Å². The van der Waals surface area contributed by atoms with Gasteiger partial charge in [-0.15, -0.1) is 0 Å². The molecule has 2 aliphatic rings. The van der Waals surface area contributed by atoms with E-state index in [0.29, 0.717) is 31.8 Å². The molecule has 2 atom stereocenters. The zero-order valence-corrected chi connectivity index (χ0v) is 18.7. The molecule has 2 aromatic rings. The van der Waals surface area contributed by atoms with Gasteiger partial charge in [0, 0.05) is 44.8 Å². The Balaban J connectivity index is 1.35. The van der Waals surface area contributed by atoms with Gasteiger partial charge in [0.1, 0.15) is 5.69 Å². The second-order valence-electron chi connectivity index (χ2n) is 8.81. The molecule has 33 heavy (non-hydrogen) atoms. The Hall–Kier alpha value is -2.56. The van der Waals surface area contributed by atoms with Gasteiger partial charge in [0.05, 0.1) is 24.2 Å². The second-order valence-corrected chi connectivity index (χ2v) is 8.81. The second kappa shape index (κ2) is 11.0. The van der Waals surface area contributed by atoms with Gasteiger partial charge in [-0.25, -0.2) is 0 Å². The van der Waals surface area contributed by atoms with Crippen molar-refractivity contribution >= 4 is 11.4 Å². The van der Waals surface area contributed by atoms with Crippen LogP contribution >= 0.6 is 0 Å². The molecule has 0 aliphatic carbocycles. The Morgan fingerprint density at radius 3 is 2.55 bits per heavy atom. The summed E-state index contributed by atoms with van der Waals surface area (Å²) in [6.45, 7) is 4.08. The first-order valence-electron chi connectivity index (χ1n) is 11.5. The molecule has 2 heterocycles. The number of nitrogens with one attached hydrogen (secondary N) is 1. The van der Waals surface area contributed by atoms with Gasteiger partial charge in [-0.1, -0.05) is 30.3 Å². The van der Waals surface area contributed by atoms with Crippen molar-refractivity contribution in [1.29, 1.82) is 0 Å². The number of hydroxylamine groups is 2. The molecule has 0 bridgehead atoms. The van der Waals surface area contributed by atoms with E-state index in [1.807, 2.05) is 35.4 Å². The molecule has 9 heteroatoms. The molecule has 0 aromatic heterocycles. The maximum absolute atomic E-state index is 11.6. The van der Waals surface area contributed by atoms with Gasteiger partial charge < -0.3 is 15.5 Å². The molecular weight excluding hydrogens is 424 g/mol. The van der Waals surface area contributed by atoms with E-state index in [-0.39, 0.29) is 29.4 Å². The summed E-state index contributed by atoms with van der Waals surface area (Å²) in [5.41, 5.74) is 3.56. The van der Waals surface area contributed by atoms with Gasteiger partial charge in [0.25, 0.3) is 5.69 Å². The molecule has 4 rings (SSSR count). The van der Waals surface area contributed by atoms with Crippen LogP contribution in [-0.2, 0) is 24.5 Å². The average molecular weight is 457 g/mol. The molecule has 2 saturated heterocycles. The molecule has 0 saturated carbocycles. The Kier molecular flexibility index (Phi) is 7.89. The molecule has 0 radical (unpaired) electrons. The molecule has 3 N–H and O–H groups in total. The number of rotatable bonds is 9. The SMILES string of the molecule is O=[N+]([O-])c1cc(CN2CCCO2)ccc1NCc1ccc(CN2CCC(O)CC2CO)cc1. The van der Waals surface area contributed by atoms with E-state index in [1.54, 1.807) is 12.1 Å². The van der Waals surface area contributed by atoms with Crippen molar-refractivity contribution in [3.8, 4) is 0 Å². The minimum atomic E-state index is -0.354. The van der Waals surface area contributed by atoms with Crippen LogP contribution in [0.25, 0.3) is 0 Å². The highest BCUT2D eigenvalue weighted by atomic mass is 16.7. The third kappa shape index (κ3) is 6.27. The smallest absolute Gasteiger partial charge is 0.292 e. The molecule has 2 aromatic carbocycles.